The van der Waals surface area contributed by atoms with Crippen LogP contribution in [0.25, 0.3) is 11.2 Å². The summed E-state index contributed by atoms with van der Waals surface area (Å²) in [4.78, 5) is 25.9. The van der Waals surface area contributed by atoms with Gasteiger partial charge in [-0.15, -0.1) is 0 Å². The van der Waals surface area contributed by atoms with Crippen LogP contribution in [-0.2, 0) is 25.9 Å². The van der Waals surface area contributed by atoms with Crippen molar-refractivity contribution in [1.82, 2.24) is 19.1 Å². The lowest BCUT2D eigenvalue weighted by Crippen LogP contribution is -2.44. The van der Waals surface area contributed by atoms with Crippen molar-refractivity contribution in [2.75, 3.05) is 18.0 Å². The van der Waals surface area contributed by atoms with E-state index in [0.717, 1.165) is 49.7 Å². The average molecular weight is 457 g/mol. The van der Waals surface area contributed by atoms with Gasteiger partial charge in [-0.2, -0.15) is 4.98 Å². The van der Waals surface area contributed by atoms with Gasteiger partial charge in [0.05, 0.1) is 6.54 Å². The molecule has 5 rings (SSSR count). The summed E-state index contributed by atoms with van der Waals surface area (Å²) in [5.74, 6) is 1.58. The average Bonchev–Trinajstić information content (AvgIpc) is 3.22. The number of hydrogen-bond donors (Lipinski definition) is 1. The van der Waals surface area contributed by atoms with Crippen LogP contribution in [0, 0.1) is 0 Å². The van der Waals surface area contributed by atoms with Crippen molar-refractivity contribution in [2.45, 2.75) is 51.7 Å². The molecule has 0 radical (unpaired) electrons. The number of imidazole rings is 1. The third-order valence-electron chi connectivity index (χ3n) is 6.64. The van der Waals surface area contributed by atoms with Crippen LogP contribution in [0.15, 0.2) is 65.5 Å². The minimum atomic E-state index is -0.0217. The van der Waals surface area contributed by atoms with Gasteiger partial charge in [0.15, 0.2) is 11.2 Å². The number of fused-ring (bicyclic) bond motifs is 1. The molecular weight excluding hydrogens is 424 g/mol. The molecule has 1 fully saturated rings. The van der Waals surface area contributed by atoms with Crippen LogP contribution < -0.4 is 16.2 Å². The molecule has 1 aliphatic heterocycles. The highest BCUT2D eigenvalue weighted by Crippen LogP contribution is 2.24. The Morgan fingerprint density at radius 2 is 1.65 bits per heavy atom. The van der Waals surface area contributed by atoms with Crippen molar-refractivity contribution < 1.29 is 0 Å². The second-order valence-electron chi connectivity index (χ2n) is 9.07. The zero-order valence-electron chi connectivity index (χ0n) is 19.7. The maximum Gasteiger partial charge on any atom is 0.279 e. The lowest BCUT2D eigenvalue weighted by molar-refractivity contribution is 0.495. The zero-order valence-corrected chi connectivity index (χ0v) is 19.7. The van der Waals surface area contributed by atoms with E-state index in [1.54, 1.807) is 4.57 Å². The van der Waals surface area contributed by atoms with Crippen molar-refractivity contribution in [1.29, 1.82) is 0 Å². The molecule has 3 heterocycles. The van der Waals surface area contributed by atoms with E-state index < -0.39 is 0 Å². The summed E-state index contributed by atoms with van der Waals surface area (Å²) in [6.07, 6.45) is 3.56. The van der Waals surface area contributed by atoms with Crippen LogP contribution in [0.3, 0.4) is 0 Å². The monoisotopic (exact) mass is 456 g/mol. The van der Waals surface area contributed by atoms with Crippen LogP contribution in [0.5, 0.6) is 0 Å². The summed E-state index contributed by atoms with van der Waals surface area (Å²) in [6, 6.07) is 20.6. The molecule has 0 saturated carbocycles. The van der Waals surface area contributed by atoms with Gasteiger partial charge in [0.2, 0.25) is 5.95 Å². The fourth-order valence-electron chi connectivity index (χ4n) is 4.91. The van der Waals surface area contributed by atoms with Crippen LogP contribution in [0.4, 0.5) is 5.95 Å². The van der Waals surface area contributed by atoms with Gasteiger partial charge in [-0.25, -0.2) is 4.98 Å². The molecule has 0 spiro atoms. The Morgan fingerprint density at radius 3 is 2.32 bits per heavy atom. The number of benzene rings is 2. The lowest BCUT2D eigenvalue weighted by Gasteiger charge is -2.31. The number of hydrogen-bond acceptors (Lipinski definition) is 5. The summed E-state index contributed by atoms with van der Waals surface area (Å²) >= 11 is 0. The Morgan fingerprint density at radius 1 is 0.941 bits per heavy atom. The number of rotatable bonds is 7. The summed E-state index contributed by atoms with van der Waals surface area (Å²) in [5, 5.41) is 0. The van der Waals surface area contributed by atoms with E-state index in [0.29, 0.717) is 30.7 Å². The van der Waals surface area contributed by atoms with E-state index in [1.807, 2.05) is 47.9 Å². The van der Waals surface area contributed by atoms with Gasteiger partial charge in [-0.3, -0.25) is 13.9 Å². The predicted molar refractivity (Wildman–Crippen MR) is 136 cm³/mol. The Balaban J connectivity index is 1.61. The van der Waals surface area contributed by atoms with Gasteiger partial charge in [0, 0.05) is 32.1 Å². The van der Waals surface area contributed by atoms with E-state index in [9.17, 15) is 4.79 Å². The highest BCUT2D eigenvalue weighted by Gasteiger charge is 2.25. The van der Waals surface area contributed by atoms with Crippen molar-refractivity contribution >= 4 is 17.1 Å². The second-order valence-corrected chi connectivity index (χ2v) is 9.07. The minimum Gasteiger partial charge on any atom is -0.341 e. The molecule has 0 bridgehead atoms. The van der Waals surface area contributed by atoms with E-state index in [-0.39, 0.29) is 11.6 Å². The molecular formula is C27H32N6O. The first-order chi connectivity index (χ1) is 16.6. The molecule has 1 unspecified atom stereocenters. The van der Waals surface area contributed by atoms with Crippen LogP contribution in [0.2, 0.25) is 0 Å². The quantitative estimate of drug-likeness (QED) is 0.461. The van der Waals surface area contributed by atoms with Gasteiger partial charge in [0.25, 0.3) is 5.56 Å². The lowest BCUT2D eigenvalue weighted by atomic mass is 10.1. The summed E-state index contributed by atoms with van der Waals surface area (Å²) in [7, 11) is 0. The molecule has 176 valence electrons. The van der Waals surface area contributed by atoms with Crippen molar-refractivity contribution in [3.8, 4) is 0 Å². The Bertz CT molecular complexity index is 1310. The van der Waals surface area contributed by atoms with Crippen molar-refractivity contribution in [3.05, 3.63) is 88.0 Å². The highest BCUT2D eigenvalue weighted by molar-refractivity contribution is 5.74. The zero-order chi connectivity index (χ0) is 23.5. The van der Waals surface area contributed by atoms with Gasteiger partial charge >= 0.3 is 0 Å². The Kier molecular flexibility index (Phi) is 6.45. The standard InChI is InChI=1S/C27H32N6O/c1-2-32-23(16-15-20-10-5-3-6-11-20)29-25-24(26(32)34)33(18-21-12-7-4-8-13-21)27(30-25)31-17-9-14-22(28)19-31/h3-8,10-13,22H,2,9,14-19,28H2,1H3. The Hall–Kier alpha value is -3.45. The van der Waals surface area contributed by atoms with Crippen molar-refractivity contribution in [2.24, 2.45) is 5.73 Å². The number of aromatic nitrogens is 4. The molecule has 34 heavy (non-hydrogen) atoms. The summed E-state index contributed by atoms with van der Waals surface area (Å²) in [6.45, 7) is 4.77. The van der Waals surface area contributed by atoms with Gasteiger partial charge in [-0.05, 0) is 37.3 Å². The number of nitrogens with zero attached hydrogens (tertiary/aromatic N) is 5. The first-order valence-electron chi connectivity index (χ1n) is 12.2. The molecule has 2 aromatic carbocycles. The number of nitrogens with two attached hydrogens (primary N) is 1. The summed E-state index contributed by atoms with van der Waals surface area (Å²) in [5.41, 5.74) is 9.73. The van der Waals surface area contributed by atoms with Crippen LogP contribution >= 0.6 is 0 Å². The largest absolute Gasteiger partial charge is 0.341 e. The van der Waals surface area contributed by atoms with Gasteiger partial charge in [-0.1, -0.05) is 60.7 Å². The van der Waals surface area contributed by atoms with E-state index in [4.69, 9.17) is 15.7 Å². The van der Waals surface area contributed by atoms with Crippen LogP contribution in [0.1, 0.15) is 36.7 Å². The second kappa shape index (κ2) is 9.81. The molecule has 0 amide bonds. The van der Waals surface area contributed by atoms with Crippen LogP contribution in [-0.4, -0.2) is 38.2 Å². The van der Waals surface area contributed by atoms with Gasteiger partial charge in [0.1, 0.15) is 5.82 Å². The highest BCUT2D eigenvalue weighted by atomic mass is 16.1. The first-order valence-corrected chi connectivity index (χ1v) is 12.2. The number of piperidine rings is 1. The predicted octanol–water partition coefficient (Wildman–Crippen LogP) is 3.37. The minimum absolute atomic E-state index is 0.0217. The van der Waals surface area contributed by atoms with E-state index >= 15 is 0 Å². The topological polar surface area (TPSA) is 82.0 Å². The van der Waals surface area contributed by atoms with E-state index in [2.05, 4.69) is 29.2 Å². The molecule has 1 saturated heterocycles. The fourth-order valence-corrected chi connectivity index (χ4v) is 4.91. The van der Waals surface area contributed by atoms with E-state index in [1.165, 1.54) is 5.56 Å². The molecule has 0 aliphatic carbocycles. The summed E-state index contributed by atoms with van der Waals surface area (Å²) < 4.78 is 3.85. The maximum atomic E-state index is 13.8. The maximum absolute atomic E-state index is 13.8. The smallest absolute Gasteiger partial charge is 0.279 e. The number of anilines is 1. The molecule has 2 N–H and O–H groups in total. The third-order valence-corrected chi connectivity index (χ3v) is 6.64. The third kappa shape index (κ3) is 4.48. The molecule has 7 heteroatoms. The fraction of sp³-hybridized carbons (Fsp3) is 0.370. The SMILES string of the molecule is CCn1c(CCc2ccccc2)nc2nc(N3CCCC(N)C3)n(Cc3ccccc3)c2c1=O. The molecule has 1 atom stereocenters. The van der Waals surface area contributed by atoms with Crippen molar-refractivity contribution in [3.63, 3.8) is 0 Å². The molecule has 2 aromatic heterocycles. The van der Waals surface area contributed by atoms with Gasteiger partial charge < -0.3 is 10.6 Å². The molecule has 7 nitrogen and oxygen atoms in total. The first kappa shape index (κ1) is 22.3. The molecule has 1 aliphatic rings. The number of aryl methyl sites for hydroxylation is 2. The normalized spacial score (nSPS) is 16.3. The Labute approximate surface area is 199 Å². The molecule has 4 aromatic rings.